The molecule has 1 saturated heterocycles. The number of phenols is 1. The number of hydrogen-bond acceptors (Lipinski definition) is 5. The number of para-hydroxylation sites is 2. The largest absolute Gasteiger partial charge is 0.506 e. The number of nitrogens with one attached hydrogen (secondary N) is 1. The summed E-state index contributed by atoms with van der Waals surface area (Å²) in [6.45, 7) is 8.66. The second-order valence-electron chi connectivity index (χ2n) is 6.95. The molecule has 1 aromatic carbocycles. The van der Waals surface area contributed by atoms with Crippen LogP contribution in [0.3, 0.4) is 0 Å². The summed E-state index contributed by atoms with van der Waals surface area (Å²) >= 11 is 0. The Kier molecular flexibility index (Phi) is 8.45. The van der Waals surface area contributed by atoms with Crippen molar-refractivity contribution in [1.29, 1.82) is 0 Å². The molecule has 146 valence electrons. The maximum absolute atomic E-state index is 11.8. The smallest absolute Gasteiger partial charge is 0.325 e. The summed E-state index contributed by atoms with van der Waals surface area (Å²) in [6.07, 6.45) is 0. The van der Waals surface area contributed by atoms with Gasteiger partial charge in [-0.2, -0.15) is 0 Å². The van der Waals surface area contributed by atoms with Crippen LogP contribution in [0.5, 0.6) is 5.75 Å². The molecule has 1 aromatic rings. The van der Waals surface area contributed by atoms with Crippen LogP contribution in [0.4, 0.5) is 5.69 Å². The Morgan fingerprint density at radius 2 is 1.85 bits per heavy atom. The van der Waals surface area contributed by atoms with Gasteiger partial charge in [0.1, 0.15) is 17.9 Å². The highest BCUT2D eigenvalue weighted by atomic mass is 127. The molecule has 1 fully saturated rings. The van der Waals surface area contributed by atoms with E-state index in [0.717, 1.165) is 31.9 Å². The van der Waals surface area contributed by atoms with Crippen LogP contribution in [0, 0.1) is 0 Å². The Hall–Kier alpha value is -1.71. The van der Waals surface area contributed by atoms with Crippen molar-refractivity contribution in [2.75, 3.05) is 44.7 Å². The topological polar surface area (TPSA) is 77.4 Å². The number of hydrogen-bond donors (Lipinski definition) is 2. The van der Waals surface area contributed by atoms with Gasteiger partial charge in [0, 0.05) is 33.2 Å². The molecule has 26 heavy (non-hydrogen) atoms. The number of halogens is 1. The number of piperazine rings is 1. The first-order valence-corrected chi connectivity index (χ1v) is 8.50. The molecule has 0 spiro atoms. The zero-order valence-electron chi connectivity index (χ0n) is 15.9. The lowest BCUT2D eigenvalue weighted by Crippen LogP contribution is -2.53. The Labute approximate surface area is 172 Å². The molecule has 1 heterocycles. The molecule has 0 aliphatic carbocycles. The van der Waals surface area contributed by atoms with Crippen LogP contribution in [0.15, 0.2) is 29.3 Å². The van der Waals surface area contributed by atoms with Gasteiger partial charge in [-0.15, -0.1) is 24.0 Å². The Morgan fingerprint density at radius 1 is 1.23 bits per heavy atom. The molecular formula is C18H29IN4O3. The number of rotatable bonds is 3. The molecule has 0 saturated carbocycles. The van der Waals surface area contributed by atoms with Gasteiger partial charge in [0.25, 0.3) is 0 Å². The predicted molar refractivity (Wildman–Crippen MR) is 115 cm³/mol. The van der Waals surface area contributed by atoms with E-state index in [1.807, 2.05) is 39.0 Å². The average molecular weight is 476 g/mol. The number of phenolic OH excluding ortho intramolecular Hbond substituents is 1. The first-order chi connectivity index (χ1) is 11.8. The monoisotopic (exact) mass is 476 g/mol. The van der Waals surface area contributed by atoms with Crippen LogP contribution in [0.25, 0.3) is 0 Å². The van der Waals surface area contributed by atoms with E-state index in [1.165, 1.54) is 0 Å². The van der Waals surface area contributed by atoms with Crippen molar-refractivity contribution < 1.29 is 14.6 Å². The van der Waals surface area contributed by atoms with Crippen molar-refractivity contribution in [3.63, 3.8) is 0 Å². The van der Waals surface area contributed by atoms with Gasteiger partial charge in [0.05, 0.1) is 5.69 Å². The molecule has 1 aliphatic rings. The molecule has 2 N–H and O–H groups in total. The molecule has 7 nitrogen and oxygen atoms in total. The molecule has 0 atom stereocenters. The summed E-state index contributed by atoms with van der Waals surface area (Å²) in [4.78, 5) is 20.3. The second kappa shape index (κ2) is 9.84. The first-order valence-electron chi connectivity index (χ1n) is 8.50. The number of benzene rings is 1. The summed E-state index contributed by atoms with van der Waals surface area (Å²) in [5.41, 5.74) is 0.352. The van der Waals surface area contributed by atoms with E-state index in [0.29, 0.717) is 11.7 Å². The number of aliphatic imine (C=N–C) groups is 1. The number of carbonyl (C=O) groups is 1. The van der Waals surface area contributed by atoms with E-state index < -0.39 is 5.60 Å². The minimum atomic E-state index is -0.494. The van der Waals surface area contributed by atoms with Gasteiger partial charge in [-0.1, -0.05) is 12.1 Å². The van der Waals surface area contributed by atoms with Crippen molar-refractivity contribution in [2.45, 2.75) is 26.4 Å². The standard InChI is InChI=1S/C18H28N4O3.HI/c1-18(2,3)25-16(24)13-20-17(19-4)22-11-9-21(10-12-22)14-7-5-6-8-15(14)23;/h5-8,23H,9-13H2,1-4H3,(H,19,20);1H. The third-order valence-corrected chi connectivity index (χ3v) is 3.82. The summed E-state index contributed by atoms with van der Waals surface area (Å²) < 4.78 is 5.30. The molecule has 0 radical (unpaired) electrons. The minimum absolute atomic E-state index is 0. The fourth-order valence-corrected chi connectivity index (χ4v) is 2.75. The van der Waals surface area contributed by atoms with Crippen molar-refractivity contribution in [2.24, 2.45) is 4.99 Å². The van der Waals surface area contributed by atoms with Crippen molar-refractivity contribution in [1.82, 2.24) is 10.2 Å². The number of carbonyl (C=O) groups excluding carboxylic acids is 1. The molecule has 2 rings (SSSR count). The van der Waals surface area contributed by atoms with E-state index >= 15 is 0 Å². The Morgan fingerprint density at radius 3 is 2.38 bits per heavy atom. The van der Waals surface area contributed by atoms with Crippen molar-refractivity contribution in [3.8, 4) is 5.75 Å². The zero-order chi connectivity index (χ0) is 18.4. The fourth-order valence-electron chi connectivity index (χ4n) is 2.75. The molecule has 0 amide bonds. The SMILES string of the molecule is CN=C(NCC(=O)OC(C)(C)C)N1CCN(c2ccccc2O)CC1.I. The fraction of sp³-hybridized carbons (Fsp3) is 0.556. The second-order valence-corrected chi connectivity index (χ2v) is 6.95. The van der Waals surface area contributed by atoms with Crippen molar-refractivity contribution in [3.05, 3.63) is 24.3 Å². The first kappa shape index (κ1) is 22.3. The van der Waals surface area contributed by atoms with Gasteiger partial charge < -0.3 is 25.0 Å². The number of nitrogens with zero attached hydrogens (tertiary/aromatic N) is 3. The molecular weight excluding hydrogens is 447 g/mol. The minimum Gasteiger partial charge on any atom is -0.506 e. The lowest BCUT2D eigenvalue weighted by molar-refractivity contribution is -0.153. The molecule has 8 heteroatoms. The maximum atomic E-state index is 11.8. The van der Waals surface area contributed by atoms with E-state index in [2.05, 4.69) is 20.1 Å². The zero-order valence-corrected chi connectivity index (χ0v) is 18.2. The third-order valence-electron chi connectivity index (χ3n) is 3.82. The van der Waals surface area contributed by atoms with Crippen LogP contribution >= 0.6 is 24.0 Å². The maximum Gasteiger partial charge on any atom is 0.325 e. The van der Waals surface area contributed by atoms with Gasteiger partial charge in [0.2, 0.25) is 0 Å². The predicted octanol–water partition coefficient (Wildman–Crippen LogP) is 2.05. The van der Waals surface area contributed by atoms with Crippen LogP contribution in [0.2, 0.25) is 0 Å². The molecule has 0 bridgehead atoms. The number of anilines is 1. The van der Waals surface area contributed by atoms with E-state index in [9.17, 15) is 9.90 Å². The van der Waals surface area contributed by atoms with Gasteiger partial charge >= 0.3 is 5.97 Å². The van der Waals surface area contributed by atoms with Gasteiger partial charge in [0.15, 0.2) is 5.96 Å². The summed E-state index contributed by atoms with van der Waals surface area (Å²) in [7, 11) is 1.70. The Bertz CT molecular complexity index is 623. The third kappa shape index (κ3) is 6.54. The highest BCUT2D eigenvalue weighted by Crippen LogP contribution is 2.27. The number of ether oxygens (including phenoxy) is 1. The van der Waals surface area contributed by atoms with Gasteiger partial charge in [-0.05, 0) is 32.9 Å². The van der Waals surface area contributed by atoms with Gasteiger partial charge in [-0.3, -0.25) is 9.79 Å². The van der Waals surface area contributed by atoms with E-state index in [4.69, 9.17) is 4.74 Å². The summed E-state index contributed by atoms with van der Waals surface area (Å²) in [6, 6.07) is 7.35. The Balaban J connectivity index is 0.00000338. The quantitative estimate of drug-likeness (QED) is 0.301. The average Bonchev–Trinajstić information content (AvgIpc) is 2.55. The normalized spacial score (nSPS) is 15.3. The van der Waals surface area contributed by atoms with Crippen LogP contribution < -0.4 is 10.2 Å². The van der Waals surface area contributed by atoms with Gasteiger partial charge in [-0.25, -0.2) is 0 Å². The van der Waals surface area contributed by atoms with Crippen LogP contribution in [-0.2, 0) is 9.53 Å². The number of esters is 1. The van der Waals surface area contributed by atoms with E-state index in [-0.39, 0.29) is 36.5 Å². The lowest BCUT2D eigenvalue weighted by Gasteiger charge is -2.37. The van der Waals surface area contributed by atoms with E-state index in [1.54, 1.807) is 13.1 Å². The molecule has 1 aliphatic heterocycles. The van der Waals surface area contributed by atoms with Crippen LogP contribution in [0.1, 0.15) is 20.8 Å². The highest BCUT2D eigenvalue weighted by Gasteiger charge is 2.22. The number of aromatic hydroxyl groups is 1. The van der Waals surface area contributed by atoms with Crippen LogP contribution in [-0.4, -0.2) is 67.3 Å². The lowest BCUT2D eigenvalue weighted by atomic mass is 10.2. The summed E-state index contributed by atoms with van der Waals surface area (Å²) in [5, 5.41) is 13.0. The highest BCUT2D eigenvalue weighted by molar-refractivity contribution is 14.0. The molecule has 0 aromatic heterocycles. The van der Waals surface area contributed by atoms with Crippen molar-refractivity contribution >= 4 is 41.6 Å². The molecule has 0 unspecified atom stereocenters. The summed E-state index contributed by atoms with van der Waals surface area (Å²) in [5.74, 6) is 0.674. The number of guanidine groups is 1.